The van der Waals surface area contributed by atoms with Crippen LogP contribution in [-0.2, 0) is 6.54 Å². The van der Waals surface area contributed by atoms with Crippen molar-refractivity contribution in [1.29, 1.82) is 0 Å². The summed E-state index contributed by atoms with van der Waals surface area (Å²) in [5.74, 6) is 2.08. The van der Waals surface area contributed by atoms with E-state index in [0.29, 0.717) is 5.92 Å². The van der Waals surface area contributed by atoms with Crippen molar-refractivity contribution in [3.8, 4) is 0 Å². The average molecular weight is 237 g/mol. The molecular weight excluding hydrogens is 222 g/mol. The fourth-order valence-electron chi connectivity index (χ4n) is 1.30. The molecule has 0 aliphatic rings. The summed E-state index contributed by atoms with van der Waals surface area (Å²) in [6, 6.07) is 1.88. The summed E-state index contributed by atoms with van der Waals surface area (Å²) in [7, 11) is 0. The fraction of sp³-hybridized carbons (Fsp3) is 0.455. The molecular formula is C11H15N3OS. The molecule has 0 aromatic carbocycles. The summed E-state index contributed by atoms with van der Waals surface area (Å²) >= 11 is 1.74. The lowest BCUT2D eigenvalue weighted by Crippen LogP contribution is -1.96. The highest BCUT2D eigenvalue weighted by molar-refractivity contribution is 7.11. The number of rotatable bonds is 4. The first-order chi connectivity index (χ1) is 7.65. The maximum Gasteiger partial charge on any atom is 0.169 e. The number of hydrogen-bond acceptors (Lipinski definition) is 5. The Balaban J connectivity index is 1.94. The van der Waals surface area contributed by atoms with Crippen LogP contribution in [0.3, 0.4) is 0 Å². The Bertz CT molecular complexity index is 461. The molecule has 5 heteroatoms. The van der Waals surface area contributed by atoms with Crippen molar-refractivity contribution >= 4 is 17.2 Å². The molecule has 2 aromatic rings. The Morgan fingerprint density at radius 1 is 1.50 bits per heavy atom. The Morgan fingerprint density at radius 3 is 2.88 bits per heavy atom. The van der Waals surface area contributed by atoms with Crippen molar-refractivity contribution < 1.29 is 4.52 Å². The van der Waals surface area contributed by atoms with Gasteiger partial charge in [0.1, 0.15) is 5.76 Å². The quantitative estimate of drug-likeness (QED) is 0.887. The Kier molecular flexibility index (Phi) is 3.24. The second kappa shape index (κ2) is 4.65. The molecule has 86 valence electrons. The van der Waals surface area contributed by atoms with Crippen LogP contribution in [0.15, 0.2) is 16.8 Å². The maximum absolute atomic E-state index is 4.97. The van der Waals surface area contributed by atoms with Gasteiger partial charge >= 0.3 is 0 Å². The Labute approximate surface area is 98.7 Å². The summed E-state index contributed by atoms with van der Waals surface area (Å²) in [5.41, 5.74) is 0. The number of hydrogen-bond donors (Lipinski definition) is 1. The van der Waals surface area contributed by atoms with E-state index < -0.39 is 0 Å². The second-order valence-electron chi connectivity index (χ2n) is 4.00. The van der Waals surface area contributed by atoms with Gasteiger partial charge in [-0.3, -0.25) is 0 Å². The third-order valence-corrected chi connectivity index (χ3v) is 3.43. The van der Waals surface area contributed by atoms with E-state index >= 15 is 0 Å². The first-order valence-corrected chi connectivity index (χ1v) is 6.08. The van der Waals surface area contributed by atoms with Gasteiger partial charge in [0, 0.05) is 23.1 Å². The van der Waals surface area contributed by atoms with Crippen LogP contribution in [0.2, 0.25) is 0 Å². The highest BCUT2D eigenvalue weighted by atomic mass is 32.1. The van der Waals surface area contributed by atoms with Crippen molar-refractivity contribution in [2.24, 2.45) is 0 Å². The summed E-state index contributed by atoms with van der Waals surface area (Å²) < 4.78 is 4.97. The highest BCUT2D eigenvalue weighted by Gasteiger charge is 2.06. The molecule has 0 fully saturated rings. The maximum atomic E-state index is 4.97. The predicted octanol–water partition coefficient (Wildman–Crippen LogP) is 3.18. The lowest BCUT2D eigenvalue weighted by atomic mass is 10.2. The van der Waals surface area contributed by atoms with Gasteiger partial charge in [-0.2, -0.15) is 0 Å². The van der Waals surface area contributed by atoms with Crippen LogP contribution >= 0.6 is 11.3 Å². The molecule has 2 aromatic heterocycles. The van der Waals surface area contributed by atoms with Gasteiger partial charge in [0.05, 0.1) is 11.6 Å². The van der Waals surface area contributed by atoms with Gasteiger partial charge in [0.15, 0.2) is 5.82 Å². The third kappa shape index (κ3) is 2.61. The van der Waals surface area contributed by atoms with Gasteiger partial charge in [0.2, 0.25) is 0 Å². The van der Waals surface area contributed by atoms with Crippen molar-refractivity contribution in [3.05, 3.63) is 27.9 Å². The minimum atomic E-state index is 0.494. The molecule has 16 heavy (non-hydrogen) atoms. The number of nitrogens with one attached hydrogen (secondary N) is 1. The lowest BCUT2D eigenvalue weighted by molar-refractivity contribution is 0.399. The summed E-state index contributed by atoms with van der Waals surface area (Å²) in [4.78, 5) is 5.58. The zero-order chi connectivity index (χ0) is 11.5. The van der Waals surface area contributed by atoms with E-state index in [1.54, 1.807) is 11.3 Å². The van der Waals surface area contributed by atoms with Crippen molar-refractivity contribution in [1.82, 2.24) is 10.1 Å². The second-order valence-corrected chi connectivity index (χ2v) is 5.14. The SMILES string of the molecule is Cc1cc(NCc2cnc(C(C)C)s2)no1. The largest absolute Gasteiger partial charge is 0.362 e. The summed E-state index contributed by atoms with van der Waals surface area (Å²) in [5, 5.41) is 8.24. The Hall–Kier alpha value is -1.36. The molecule has 0 saturated heterocycles. The molecule has 0 aliphatic carbocycles. The van der Waals surface area contributed by atoms with E-state index in [2.05, 4.69) is 29.3 Å². The monoisotopic (exact) mass is 237 g/mol. The average Bonchev–Trinajstić information content (AvgIpc) is 2.83. The van der Waals surface area contributed by atoms with E-state index in [-0.39, 0.29) is 0 Å². The molecule has 2 heterocycles. The molecule has 0 amide bonds. The van der Waals surface area contributed by atoms with Gasteiger partial charge in [0.25, 0.3) is 0 Å². The minimum Gasteiger partial charge on any atom is -0.362 e. The van der Waals surface area contributed by atoms with Gasteiger partial charge in [-0.1, -0.05) is 19.0 Å². The summed E-state index contributed by atoms with van der Waals surface area (Å²) in [6.07, 6.45) is 1.92. The molecule has 0 atom stereocenters. The number of aryl methyl sites for hydroxylation is 1. The van der Waals surface area contributed by atoms with E-state index in [4.69, 9.17) is 4.52 Å². The molecule has 2 rings (SSSR count). The highest BCUT2D eigenvalue weighted by Crippen LogP contribution is 2.21. The van der Waals surface area contributed by atoms with E-state index in [1.807, 2.05) is 19.2 Å². The van der Waals surface area contributed by atoms with Crippen LogP contribution < -0.4 is 5.32 Å². The van der Waals surface area contributed by atoms with Crippen LogP contribution in [0.1, 0.15) is 35.4 Å². The number of anilines is 1. The van der Waals surface area contributed by atoms with Gasteiger partial charge in [-0.05, 0) is 6.92 Å². The smallest absolute Gasteiger partial charge is 0.169 e. The molecule has 0 unspecified atom stereocenters. The first kappa shape index (κ1) is 11.1. The van der Waals surface area contributed by atoms with Crippen LogP contribution in [0.25, 0.3) is 0 Å². The number of nitrogens with zero attached hydrogens (tertiary/aromatic N) is 2. The number of thiazole rings is 1. The van der Waals surface area contributed by atoms with Gasteiger partial charge < -0.3 is 9.84 Å². The molecule has 0 spiro atoms. The zero-order valence-corrected chi connectivity index (χ0v) is 10.5. The predicted molar refractivity (Wildman–Crippen MR) is 64.8 cm³/mol. The third-order valence-electron chi connectivity index (χ3n) is 2.14. The normalized spacial score (nSPS) is 11.0. The van der Waals surface area contributed by atoms with Gasteiger partial charge in [-0.25, -0.2) is 4.98 Å². The molecule has 0 aliphatic heterocycles. The van der Waals surface area contributed by atoms with Crippen molar-refractivity contribution in [2.45, 2.75) is 33.2 Å². The van der Waals surface area contributed by atoms with Crippen molar-refractivity contribution in [2.75, 3.05) is 5.32 Å². The van der Waals surface area contributed by atoms with E-state index in [1.165, 1.54) is 9.88 Å². The van der Waals surface area contributed by atoms with Crippen molar-refractivity contribution in [3.63, 3.8) is 0 Å². The van der Waals surface area contributed by atoms with E-state index in [0.717, 1.165) is 18.1 Å². The lowest BCUT2D eigenvalue weighted by Gasteiger charge is -1.98. The first-order valence-electron chi connectivity index (χ1n) is 5.27. The zero-order valence-electron chi connectivity index (χ0n) is 9.65. The van der Waals surface area contributed by atoms with E-state index in [9.17, 15) is 0 Å². The summed E-state index contributed by atoms with van der Waals surface area (Å²) in [6.45, 7) is 6.92. The van der Waals surface area contributed by atoms with Gasteiger partial charge in [-0.15, -0.1) is 11.3 Å². The molecule has 0 saturated carbocycles. The van der Waals surface area contributed by atoms with Crippen LogP contribution in [-0.4, -0.2) is 10.1 Å². The van der Waals surface area contributed by atoms with Crippen LogP contribution in [0.5, 0.6) is 0 Å². The molecule has 4 nitrogen and oxygen atoms in total. The molecule has 0 radical (unpaired) electrons. The molecule has 1 N–H and O–H groups in total. The minimum absolute atomic E-state index is 0.494. The molecule has 0 bridgehead atoms. The van der Waals surface area contributed by atoms with Crippen LogP contribution in [0.4, 0.5) is 5.82 Å². The standard InChI is InChI=1S/C11H15N3OS/c1-7(2)11-13-6-9(16-11)5-12-10-4-8(3)15-14-10/h4,6-7H,5H2,1-3H3,(H,12,14). The fourth-order valence-corrected chi connectivity index (χ4v) is 2.16. The topological polar surface area (TPSA) is 51.0 Å². The van der Waals surface area contributed by atoms with Crippen LogP contribution in [0, 0.1) is 6.92 Å². The number of aromatic nitrogens is 2. The Morgan fingerprint density at radius 2 is 2.31 bits per heavy atom.